The normalized spacial score (nSPS) is 23.5. The van der Waals surface area contributed by atoms with Crippen LogP contribution in [0.25, 0.3) is 11.0 Å². The SMILES string of the molecule is COC(=O)N1c2ccc3c(nc(C(C)Cc4ccccc4)n3C3CCCC(C)C3)c2CCC1C. The van der Waals surface area contributed by atoms with Gasteiger partial charge in [0.25, 0.3) is 0 Å². The summed E-state index contributed by atoms with van der Waals surface area (Å²) in [4.78, 5) is 19.8. The zero-order chi connectivity index (χ0) is 23.8. The second-order valence-electron chi connectivity index (χ2n) is 10.5. The number of amides is 1. The molecule has 2 aliphatic rings. The molecular formula is C29H37N3O2. The molecule has 0 radical (unpaired) electrons. The number of anilines is 1. The van der Waals surface area contributed by atoms with Crippen molar-refractivity contribution >= 4 is 22.8 Å². The van der Waals surface area contributed by atoms with Gasteiger partial charge in [0.05, 0.1) is 23.8 Å². The zero-order valence-electron chi connectivity index (χ0n) is 21.0. The summed E-state index contributed by atoms with van der Waals surface area (Å²) < 4.78 is 7.70. The number of fused-ring (bicyclic) bond motifs is 3. The first-order valence-corrected chi connectivity index (χ1v) is 12.9. The smallest absolute Gasteiger partial charge is 0.414 e. The van der Waals surface area contributed by atoms with Crippen molar-refractivity contribution in [1.82, 2.24) is 9.55 Å². The van der Waals surface area contributed by atoms with Crippen molar-refractivity contribution < 1.29 is 9.53 Å². The number of hydrogen-bond acceptors (Lipinski definition) is 3. The van der Waals surface area contributed by atoms with Crippen LogP contribution in [0.2, 0.25) is 0 Å². The van der Waals surface area contributed by atoms with Gasteiger partial charge in [-0.2, -0.15) is 0 Å². The molecule has 1 fully saturated rings. The Hall–Kier alpha value is -2.82. The lowest BCUT2D eigenvalue weighted by atomic mass is 9.86. The van der Waals surface area contributed by atoms with E-state index in [0.717, 1.165) is 36.4 Å². The topological polar surface area (TPSA) is 47.4 Å². The van der Waals surface area contributed by atoms with E-state index in [1.165, 1.54) is 55.3 Å². The molecular weight excluding hydrogens is 422 g/mol. The number of methoxy groups -OCH3 is 1. The van der Waals surface area contributed by atoms with Gasteiger partial charge in [0.1, 0.15) is 5.82 Å². The molecule has 4 unspecified atom stereocenters. The van der Waals surface area contributed by atoms with Gasteiger partial charge in [0.15, 0.2) is 0 Å². The quantitative estimate of drug-likeness (QED) is 0.420. The van der Waals surface area contributed by atoms with Gasteiger partial charge in [0.2, 0.25) is 0 Å². The molecule has 5 rings (SSSR count). The van der Waals surface area contributed by atoms with E-state index < -0.39 is 0 Å². The summed E-state index contributed by atoms with van der Waals surface area (Å²) in [7, 11) is 1.46. The van der Waals surface area contributed by atoms with Crippen molar-refractivity contribution in [2.75, 3.05) is 12.0 Å². The van der Waals surface area contributed by atoms with Gasteiger partial charge in [-0.25, -0.2) is 9.78 Å². The number of ether oxygens (including phenoxy) is 1. The average Bonchev–Trinajstić information content (AvgIpc) is 3.24. The van der Waals surface area contributed by atoms with Crippen LogP contribution >= 0.6 is 0 Å². The van der Waals surface area contributed by atoms with Gasteiger partial charge in [-0.3, -0.25) is 4.90 Å². The zero-order valence-corrected chi connectivity index (χ0v) is 21.0. The lowest BCUT2D eigenvalue weighted by Gasteiger charge is -2.34. The molecule has 0 saturated heterocycles. The van der Waals surface area contributed by atoms with E-state index in [2.05, 4.69) is 67.8 Å². The number of nitrogens with zero attached hydrogens (tertiary/aromatic N) is 3. The third kappa shape index (κ3) is 4.10. The molecule has 34 heavy (non-hydrogen) atoms. The van der Waals surface area contributed by atoms with Crippen LogP contribution < -0.4 is 4.90 Å². The first-order chi connectivity index (χ1) is 16.5. The highest BCUT2D eigenvalue weighted by Crippen LogP contribution is 2.41. The molecule has 5 nitrogen and oxygen atoms in total. The first-order valence-electron chi connectivity index (χ1n) is 12.9. The van der Waals surface area contributed by atoms with E-state index in [4.69, 9.17) is 9.72 Å². The summed E-state index contributed by atoms with van der Waals surface area (Å²) in [5, 5.41) is 0. The molecule has 4 atom stereocenters. The lowest BCUT2D eigenvalue weighted by Crippen LogP contribution is -2.42. The molecule has 2 aromatic carbocycles. The van der Waals surface area contributed by atoms with Crippen LogP contribution in [0.3, 0.4) is 0 Å². The Kier molecular flexibility index (Phi) is 6.37. The second kappa shape index (κ2) is 9.44. The molecule has 0 spiro atoms. The Morgan fingerprint density at radius 1 is 1.12 bits per heavy atom. The monoisotopic (exact) mass is 459 g/mol. The number of benzene rings is 2. The third-order valence-electron chi connectivity index (χ3n) is 7.95. The summed E-state index contributed by atoms with van der Waals surface area (Å²) >= 11 is 0. The predicted molar refractivity (Wildman–Crippen MR) is 138 cm³/mol. The standard InChI is InChI=1S/C29H37N3O2/c1-19-9-8-12-23(17-19)32-26-16-15-25-24(14-13-21(3)31(25)29(33)34-4)27(26)30-28(32)20(2)18-22-10-6-5-7-11-22/h5-7,10-11,15-16,19-21,23H,8-9,12-14,17-18H2,1-4H3. The van der Waals surface area contributed by atoms with Crippen molar-refractivity contribution in [3.8, 4) is 0 Å². The van der Waals surface area contributed by atoms with E-state index in [9.17, 15) is 4.79 Å². The Bertz CT molecular complexity index is 1170. The van der Waals surface area contributed by atoms with E-state index in [-0.39, 0.29) is 12.1 Å². The van der Waals surface area contributed by atoms with Gasteiger partial charge in [-0.05, 0) is 62.6 Å². The number of imidazole rings is 1. The fourth-order valence-corrected chi connectivity index (χ4v) is 6.22. The summed E-state index contributed by atoms with van der Waals surface area (Å²) in [5.74, 6) is 2.23. The number of hydrogen-bond donors (Lipinski definition) is 0. The summed E-state index contributed by atoms with van der Waals surface area (Å²) in [6.07, 6.45) is 7.55. The second-order valence-corrected chi connectivity index (χ2v) is 10.5. The molecule has 180 valence electrons. The van der Waals surface area contributed by atoms with Crippen LogP contribution in [0, 0.1) is 5.92 Å². The van der Waals surface area contributed by atoms with Gasteiger partial charge in [0, 0.05) is 23.6 Å². The summed E-state index contributed by atoms with van der Waals surface area (Å²) in [6.45, 7) is 6.79. The lowest BCUT2D eigenvalue weighted by molar-refractivity contribution is 0.175. The minimum absolute atomic E-state index is 0.121. The van der Waals surface area contributed by atoms with Crippen LogP contribution in [0.4, 0.5) is 10.5 Å². The van der Waals surface area contributed by atoms with Gasteiger partial charge in [-0.15, -0.1) is 0 Å². The highest BCUT2D eigenvalue weighted by atomic mass is 16.5. The maximum atomic E-state index is 12.6. The van der Waals surface area contributed by atoms with Crippen LogP contribution in [-0.4, -0.2) is 28.8 Å². The average molecular weight is 460 g/mol. The molecule has 1 aliphatic heterocycles. The van der Waals surface area contributed by atoms with Gasteiger partial charge in [-0.1, -0.05) is 57.0 Å². The Labute approximate surface area is 203 Å². The Morgan fingerprint density at radius 2 is 1.91 bits per heavy atom. The minimum Gasteiger partial charge on any atom is -0.452 e. The number of carbonyl (C=O) groups is 1. The molecule has 1 aliphatic carbocycles. The van der Waals surface area contributed by atoms with E-state index >= 15 is 0 Å². The van der Waals surface area contributed by atoms with Crippen LogP contribution in [0.1, 0.15) is 81.8 Å². The molecule has 1 saturated carbocycles. The summed E-state index contributed by atoms with van der Waals surface area (Å²) in [6, 6.07) is 15.7. The van der Waals surface area contributed by atoms with E-state index in [1.807, 2.05) is 4.90 Å². The Balaban J connectivity index is 1.64. The van der Waals surface area contributed by atoms with E-state index in [1.54, 1.807) is 0 Å². The minimum atomic E-state index is -0.286. The van der Waals surface area contributed by atoms with Crippen LogP contribution in [0.15, 0.2) is 42.5 Å². The van der Waals surface area contributed by atoms with Crippen molar-refractivity contribution in [2.45, 2.75) is 83.7 Å². The Morgan fingerprint density at radius 3 is 2.65 bits per heavy atom. The molecule has 0 N–H and O–H groups in total. The molecule has 1 aromatic heterocycles. The van der Waals surface area contributed by atoms with Crippen molar-refractivity contribution in [3.63, 3.8) is 0 Å². The maximum absolute atomic E-state index is 12.6. The first kappa shape index (κ1) is 22.9. The number of aryl methyl sites for hydroxylation is 1. The maximum Gasteiger partial charge on any atom is 0.414 e. The predicted octanol–water partition coefficient (Wildman–Crippen LogP) is 7.04. The largest absolute Gasteiger partial charge is 0.452 e. The number of aromatic nitrogens is 2. The molecule has 3 aromatic rings. The number of carbonyl (C=O) groups excluding carboxylic acids is 1. The van der Waals surface area contributed by atoms with Crippen LogP contribution in [0.5, 0.6) is 0 Å². The summed E-state index contributed by atoms with van der Waals surface area (Å²) in [5.41, 5.74) is 5.80. The highest BCUT2D eigenvalue weighted by molar-refractivity contribution is 5.95. The fourth-order valence-electron chi connectivity index (χ4n) is 6.22. The third-order valence-corrected chi connectivity index (χ3v) is 7.95. The van der Waals surface area contributed by atoms with Crippen molar-refractivity contribution in [2.24, 2.45) is 5.92 Å². The van der Waals surface area contributed by atoms with Crippen molar-refractivity contribution in [1.29, 1.82) is 0 Å². The van der Waals surface area contributed by atoms with E-state index in [0.29, 0.717) is 12.0 Å². The molecule has 2 heterocycles. The number of rotatable bonds is 4. The molecule has 0 bridgehead atoms. The van der Waals surface area contributed by atoms with Crippen LogP contribution in [-0.2, 0) is 17.6 Å². The van der Waals surface area contributed by atoms with Crippen molar-refractivity contribution in [3.05, 3.63) is 59.4 Å². The highest BCUT2D eigenvalue weighted by Gasteiger charge is 2.33. The fraction of sp³-hybridized carbons (Fsp3) is 0.517. The van der Waals surface area contributed by atoms with Gasteiger partial charge < -0.3 is 9.30 Å². The molecule has 1 amide bonds. The van der Waals surface area contributed by atoms with Gasteiger partial charge >= 0.3 is 6.09 Å². The molecule has 5 heteroatoms.